The Morgan fingerprint density at radius 1 is 0.889 bits per heavy atom. The number of halogens is 1. The Hall–Kier alpha value is -3.34. The number of aromatic nitrogens is 2. The van der Waals surface area contributed by atoms with Crippen LogP contribution in [0.3, 0.4) is 0 Å². The third-order valence-electron chi connectivity index (χ3n) is 6.72. The minimum absolute atomic E-state index is 0.134. The van der Waals surface area contributed by atoms with E-state index < -0.39 is 41.8 Å². The lowest BCUT2D eigenvalue weighted by Gasteiger charge is -2.18. The van der Waals surface area contributed by atoms with Crippen molar-refractivity contribution in [1.82, 2.24) is 25.5 Å². The minimum Gasteiger partial charge on any atom is -0.456 e. The van der Waals surface area contributed by atoms with E-state index in [0.717, 1.165) is 29.7 Å². The van der Waals surface area contributed by atoms with Crippen LogP contribution in [0.15, 0.2) is 21.9 Å². The molecule has 256 valence electrons. The standard InChI is InChI=1S/C29H48FN5O10/c1-3-5-11-32-28(39)33-13-7-16-42-18-20-43-19-17-41-15-6-12-31-22(36)8-9-24(38)45-26-21(4-2)44-27(25(26)30)35-14-10-23(37)34-29(35)40/h10,14,21,25-27H,3-9,11-13,15-20H2,1-2H3,(H,31,36)(H2,32,33,39)(H,34,37,40)/t21-,25?,26+,27-/m1/s1. The molecule has 2 heterocycles. The Bertz CT molecular complexity index is 1130. The van der Waals surface area contributed by atoms with Crippen molar-refractivity contribution in [2.75, 3.05) is 59.3 Å². The van der Waals surface area contributed by atoms with Gasteiger partial charge in [-0.25, -0.2) is 14.0 Å². The van der Waals surface area contributed by atoms with Crippen molar-refractivity contribution in [2.45, 2.75) is 83.4 Å². The summed E-state index contributed by atoms with van der Waals surface area (Å²) in [4.78, 5) is 61.3. The number of H-pyrrole nitrogens is 1. The highest BCUT2D eigenvalue weighted by Gasteiger charge is 2.48. The topological polar surface area (TPSA) is 188 Å². The van der Waals surface area contributed by atoms with Gasteiger partial charge in [0.05, 0.1) is 32.8 Å². The number of hydrogen-bond acceptors (Lipinski definition) is 10. The smallest absolute Gasteiger partial charge is 0.330 e. The average molecular weight is 646 g/mol. The third kappa shape index (κ3) is 15.0. The number of rotatable bonds is 23. The molecule has 3 amide bonds. The summed E-state index contributed by atoms with van der Waals surface area (Å²) < 4.78 is 43.3. The van der Waals surface area contributed by atoms with Gasteiger partial charge < -0.3 is 39.6 Å². The van der Waals surface area contributed by atoms with Gasteiger partial charge in [0.2, 0.25) is 5.91 Å². The van der Waals surface area contributed by atoms with E-state index >= 15 is 4.39 Å². The lowest BCUT2D eigenvalue weighted by atomic mass is 10.1. The fraction of sp³-hybridized carbons (Fsp3) is 0.759. The van der Waals surface area contributed by atoms with E-state index in [0.29, 0.717) is 78.5 Å². The van der Waals surface area contributed by atoms with Crippen LogP contribution in [0.4, 0.5) is 9.18 Å². The number of nitrogens with one attached hydrogen (secondary N) is 4. The van der Waals surface area contributed by atoms with Crippen molar-refractivity contribution in [3.05, 3.63) is 33.1 Å². The van der Waals surface area contributed by atoms with Gasteiger partial charge in [0.1, 0.15) is 6.10 Å². The molecule has 0 radical (unpaired) electrons. The molecule has 1 unspecified atom stereocenters. The van der Waals surface area contributed by atoms with E-state index in [-0.39, 0.29) is 24.8 Å². The molecule has 16 heteroatoms. The summed E-state index contributed by atoms with van der Waals surface area (Å²) in [7, 11) is 0. The highest BCUT2D eigenvalue weighted by Crippen LogP contribution is 2.34. The van der Waals surface area contributed by atoms with Crippen LogP contribution in [-0.2, 0) is 33.3 Å². The molecule has 0 aromatic carbocycles. The molecular weight excluding hydrogens is 597 g/mol. The molecule has 1 saturated heterocycles. The van der Waals surface area contributed by atoms with Crippen LogP contribution in [0.1, 0.15) is 65.0 Å². The van der Waals surface area contributed by atoms with Crippen molar-refractivity contribution in [3.8, 4) is 0 Å². The molecule has 0 aliphatic carbocycles. The van der Waals surface area contributed by atoms with Crippen LogP contribution >= 0.6 is 0 Å². The molecule has 2 rings (SSSR count). The quantitative estimate of drug-likeness (QED) is 0.0984. The van der Waals surface area contributed by atoms with E-state index in [2.05, 4.69) is 22.9 Å². The maximum absolute atomic E-state index is 15.1. The molecule has 1 aliphatic heterocycles. The fourth-order valence-electron chi connectivity index (χ4n) is 4.29. The zero-order valence-electron chi connectivity index (χ0n) is 26.2. The van der Waals surface area contributed by atoms with Gasteiger partial charge in [-0.05, 0) is 25.7 Å². The number of urea groups is 1. The van der Waals surface area contributed by atoms with Crippen LogP contribution in [-0.4, -0.2) is 105 Å². The van der Waals surface area contributed by atoms with Gasteiger partial charge in [-0.15, -0.1) is 0 Å². The lowest BCUT2D eigenvalue weighted by molar-refractivity contribution is -0.154. The number of aromatic amines is 1. The molecule has 0 saturated carbocycles. The Labute approximate surface area is 261 Å². The lowest BCUT2D eigenvalue weighted by Crippen LogP contribution is -2.37. The van der Waals surface area contributed by atoms with Crippen LogP contribution < -0.4 is 27.2 Å². The van der Waals surface area contributed by atoms with Gasteiger partial charge in [0.25, 0.3) is 5.56 Å². The number of carbonyl (C=O) groups excluding carboxylic acids is 3. The number of amides is 3. The summed E-state index contributed by atoms with van der Waals surface area (Å²) in [6.07, 6.45) is -0.926. The summed E-state index contributed by atoms with van der Waals surface area (Å²) in [5.74, 6) is -1.12. The third-order valence-corrected chi connectivity index (χ3v) is 6.72. The second-order valence-electron chi connectivity index (χ2n) is 10.3. The molecule has 1 aromatic heterocycles. The maximum atomic E-state index is 15.1. The molecule has 4 atom stereocenters. The van der Waals surface area contributed by atoms with Crippen LogP contribution in [0.25, 0.3) is 0 Å². The predicted molar refractivity (Wildman–Crippen MR) is 161 cm³/mol. The van der Waals surface area contributed by atoms with Gasteiger partial charge in [-0.3, -0.25) is 23.9 Å². The van der Waals surface area contributed by atoms with E-state index in [4.69, 9.17) is 23.7 Å². The molecule has 0 spiro atoms. The average Bonchev–Trinajstić information content (AvgIpc) is 3.32. The van der Waals surface area contributed by atoms with Gasteiger partial charge in [-0.1, -0.05) is 20.3 Å². The first-order valence-electron chi connectivity index (χ1n) is 15.6. The number of alkyl halides is 1. The summed E-state index contributed by atoms with van der Waals surface area (Å²) >= 11 is 0. The van der Waals surface area contributed by atoms with Crippen molar-refractivity contribution in [1.29, 1.82) is 0 Å². The zero-order chi connectivity index (χ0) is 32.9. The molecule has 4 N–H and O–H groups in total. The SMILES string of the molecule is CCCCNC(=O)NCCCOCCOCCOCCCNC(=O)CCC(=O)O[C@@H]1C(F)[C@H](n2ccc(=O)[nH]c2=O)O[C@@H]1CC. The molecule has 1 fully saturated rings. The van der Waals surface area contributed by atoms with Crippen LogP contribution in [0, 0.1) is 0 Å². The van der Waals surface area contributed by atoms with Gasteiger partial charge in [0, 0.05) is 51.5 Å². The fourth-order valence-corrected chi connectivity index (χ4v) is 4.29. The second kappa shape index (κ2) is 22.2. The highest BCUT2D eigenvalue weighted by atomic mass is 19.1. The van der Waals surface area contributed by atoms with Gasteiger partial charge in [0.15, 0.2) is 18.5 Å². The number of carbonyl (C=O) groups is 3. The van der Waals surface area contributed by atoms with Crippen molar-refractivity contribution in [2.24, 2.45) is 0 Å². The maximum Gasteiger partial charge on any atom is 0.330 e. The number of nitrogens with zero attached hydrogens (tertiary/aromatic N) is 1. The first kappa shape index (κ1) is 37.8. The number of esters is 1. The number of ether oxygens (including phenoxy) is 5. The first-order chi connectivity index (χ1) is 21.8. The van der Waals surface area contributed by atoms with Crippen molar-refractivity contribution < 1.29 is 42.5 Å². The van der Waals surface area contributed by atoms with E-state index in [1.54, 1.807) is 6.92 Å². The van der Waals surface area contributed by atoms with E-state index in [1.807, 2.05) is 4.98 Å². The van der Waals surface area contributed by atoms with Crippen LogP contribution in [0.2, 0.25) is 0 Å². The Morgan fingerprint density at radius 3 is 2.09 bits per heavy atom. The Kier molecular flexibility index (Phi) is 18.7. The Balaban J connectivity index is 1.45. The van der Waals surface area contributed by atoms with E-state index in [1.165, 1.54) is 0 Å². The molecule has 1 aliphatic rings. The predicted octanol–water partition coefficient (Wildman–Crippen LogP) is 0.920. The van der Waals surface area contributed by atoms with Crippen molar-refractivity contribution in [3.63, 3.8) is 0 Å². The summed E-state index contributed by atoms with van der Waals surface area (Å²) in [5.41, 5.74) is -1.47. The van der Waals surface area contributed by atoms with E-state index in [9.17, 15) is 24.0 Å². The summed E-state index contributed by atoms with van der Waals surface area (Å²) in [5, 5.41) is 8.24. The minimum atomic E-state index is -1.84. The number of unbranched alkanes of at least 4 members (excludes halogenated alkanes) is 1. The molecule has 1 aromatic rings. The summed E-state index contributed by atoms with van der Waals surface area (Å²) in [6.45, 7) is 7.99. The van der Waals surface area contributed by atoms with Gasteiger partial charge in [-0.2, -0.15) is 0 Å². The largest absolute Gasteiger partial charge is 0.456 e. The molecular formula is C29H48FN5O10. The molecule has 45 heavy (non-hydrogen) atoms. The second-order valence-corrected chi connectivity index (χ2v) is 10.3. The normalized spacial score (nSPS) is 19.3. The Morgan fingerprint density at radius 2 is 1.49 bits per heavy atom. The summed E-state index contributed by atoms with van der Waals surface area (Å²) in [6, 6.07) is 0.909. The highest BCUT2D eigenvalue weighted by molar-refractivity contribution is 5.81. The van der Waals surface area contributed by atoms with Crippen LogP contribution in [0.5, 0.6) is 0 Å². The molecule has 15 nitrogen and oxygen atoms in total. The van der Waals surface area contributed by atoms with Crippen molar-refractivity contribution >= 4 is 17.9 Å². The van der Waals surface area contributed by atoms with Gasteiger partial charge >= 0.3 is 17.7 Å². The zero-order valence-corrected chi connectivity index (χ0v) is 26.2. The monoisotopic (exact) mass is 645 g/mol. The molecule has 0 bridgehead atoms. The number of hydrogen-bond donors (Lipinski definition) is 4. The first-order valence-corrected chi connectivity index (χ1v) is 15.6.